The summed E-state index contributed by atoms with van der Waals surface area (Å²) >= 11 is 0. The van der Waals surface area contributed by atoms with Crippen LogP contribution in [-0.2, 0) is 14.3 Å². The van der Waals surface area contributed by atoms with Gasteiger partial charge in [-0.3, -0.25) is 9.59 Å². The van der Waals surface area contributed by atoms with E-state index in [1.165, 1.54) is 0 Å². The van der Waals surface area contributed by atoms with Crippen LogP contribution in [0, 0.1) is 0 Å². The maximum atomic E-state index is 12.0. The van der Waals surface area contributed by atoms with E-state index in [0.29, 0.717) is 5.69 Å². The Morgan fingerprint density at radius 1 is 1.17 bits per heavy atom. The molecule has 0 saturated heterocycles. The third-order valence-electron chi connectivity index (χ3n) is 2.80. The van der Waals surface area contributed by atoms with E-state index >= 15 is 0 Å². The average Bonchev–Trinajstić information content (AvgIpc) is 2.55. The van der Waals surface area contributed by atoms with Crippen LogP contribution < -0.4 is 16.0 Å². The number of carbonyl (C=O) groups is 3. The number of carbonyl (C=O) groups excluding carboxylic acids is 3. The summed E-state index contributed by atoms with van der Waals surface area (Å²) < 4.78 is 4.94. The Morgan fingerprint density at radius 2 is 1.88 bits per heavy atom. The van der Waals surface area contributed by atoms with Crippen molar-refractivity contribution in [2.24, 2.45) is 0 Å². The molecule has 0 unspecified atom stereocenters. The van der Waals surface area contributed by atoms with E-state index in [-0.39, 0.29) is 37.2 Å². The SMILES string of the molecule is CC(C)NC(=O)CNC(=O)COC(=O)c1ccccc1NCCO. The van der Waals surface area contributed by atoms with E-state index in [9.17, 15) is 14.4 Å². The van der Waals surface area contributed by atoms with Gasteiger partial charge in [0.15, 0.2) is 6.61 Å². The molecule has 0 spiro atoms. The summed E-state index contributed by atoms with van der Waals surface area (Å²) in [5.74, 6) is -1.55. The lowest BCUT2D eigenvalue weighted by Crippen LogP contribution is -2.41. The number of para-hydroxylation sites is 1. The molecule has 0 aliphatic heterocycles. The van der Waals surface area contributed by atoms with Gasteiger partial charge in [0.1, 0.15) is 0 Å². The van der Waals surface area contributed by atoms with Crippen LogP contribution in [0.2, 0.25) is 0 Å². The molecule has 0 bridgehead atoms. The highest BCUT2D eigenvalue weighted by Crippen LogP contribution is 2.15. The third-order valence-corrected chi connectivity index (χ3v) is 2.80. The van der Waals surface area contributed by atoms with Gasteiger partial charge in [0, 0.05) is 18.3 Å². The number of anilines is 1. The zero-order chi connectivity index (χ0) is 17.9. The van der Waals surface area contributed by atoms with Crippen molar-refractivity contribution in [2.45, 2.75) is 19.9 Å². The molecule has 0 saturated carbocycles. The van der Waals surface area contributed by atoms with Crippen LogP contribution in [0.5, 0.6) is 0 Å². The Labute approximate surface area is 140 Å². The molecule has 0 radical (unpaired) electrons. The Hall–Kier alpha value is -2.61. The standard InChI is InChI=1S/C16H23N3O5/c1-11(2)19-14(21)9-18-15(22)10-24-16(23)12-5-3-4-6-13(12)17-7-8-20/h3-6,11,17,20H,7-10H2,1-2H3,(H,18,22)(H,19,21). The molecule has 24 heavy (non-hydrogen) atoms. The maximum absolute atomic E-state index is 12.0. The summed E-state index contributed by atoms with van der Waals surface area (Å²) in [4.78, 5) is 35.0. The minimum Gasteiger partial charge on any atom is -0.452 e. The molecule has 8 nitrogen and oxygen atoms in total. The van der Waals surface area contributed by atoms with E-state index in [1.54, 1.807) is 24.3 Å². The van der Waals surface area contributed by atoms with Crippen molar-refractivity contribution in [3.8, 4) is 0 Å². The largest absolute Gasteiger partial charge is 0.452 e. The fourth-order valence-electron chi connectivity index (χ4n) is 1.82. The van der Waals surface area contributed by atoms with Crippen LogP contribution in [0.25, 0.3) is 0 Å². The Kier molecular flexibility index (Phi) is 8.28. The first-order chi connectivity index (χ1) is 11.4. The minimum atomic E-state index is -0.669. The van der Waals surface area contributed by atoms with Crippen molar-refractivity contribution in [3.63, 3.8) is 0 Å². The smallest absolute Gasteiger partial charge is 0.340 e. The lowest BCUT2D eigenvalue weighted by atomic mass is 10.2. The van der Waals surface area contributed by atoms with Crippen molar-refractivity contribution in [2.75, 3.05) is 31.6 Å². The molecular weight excluding hydrogens is 314 g/mol. The van der Waals surface area contributed by atoms with Crippen molar-refractivity contribution < 1.29 is 24.2 Å². The number of nitrogens with one attached hydrogen (secondary N) is 3. The average molecular weight is 337 g/mol. The summed E-state index contributed by atoms with van der Waals surface area (Å²) in [6.45, 7) is 3.17. The number of rotatable bonds is 9. The van der Waals surface area contributed by atoms with E-state index < -0.39 is 18.5 Å². The van der Waals surface area contributed by atoms with Gasteiger partial charge in [0.2, 0.25) is 5.91 Å². The molecule has 0 aliphatic rings. The number of hydrogen-bond donors (Lipinski definition) is 4. The number of aliphatic hydroxyl groups is 1. The van der Waals surface area contributed by atoms with Crippen molar-refractivity contribution in [3.05, 3.63) is 29.8 Å². The second-order valence-electron chi connectivity index (χ2n) is 5.27. The number of hydrogen-bond acceptors (Lipinski definition) is 6. The lowest BCUT2D eigenvalue weighted by molar-refractivity contribution is -0.128. The van der Waals surface area contributed by atoms with Gasteiger partial charge in [-0.05, 0) is 26.0 Å². The fourth-order valence-corrected chi connectivity index (χ4v) is 1.82. The van der Waals surface area contributed by atoms with E-state index in [0.717, 1.165) is 0 Å². The van der Waals surface area contributed by atoms with Crippen LogP contribution in [0.15, 0.2) is 24.3 Å². The first-order valence-corrected chi connectivity index (χ1v) is 7.61. The monoisotopic (exact) mass is 337 g/mol. The molecule has 0 atom stereocenters. The zero-order valence-corrected chi connectivity index (χ0v) is 13.8. The van der Waals surface area contributed by atoms with Gasteiger partial charge in [-0.15, -0.1) is 0 Å². The molecule has 1 aromatic carbocycles. The van der Waals surface area contributed by atoms with Crippen molar-refractivity contribution >= 4 is 23.5 Å². The maximum Gasteiger partial charge on any atom is 0.340 e. The minimum absolute atomic E-state index is 0.0184. The van der Waals surface area contributed by atoms with Gasteiger partial charge in [-0.1, -0.05) is 12.1 Å². The van der Waals surface area contributed by atoms with E-state index in [4.69, 9.17) is 9.84 Å². The number of amides is 2. The highest BCUT2D eigenvalue weighted by molar-refractivity contribution is 5.97. The molecular formula is C16H23N3O5. The fraction of sp³-hybridized carbons (Fsp3) is 0.438. The predicted octanol–water partition coefficient (Wildman–Crippen LogP) is -0.112. The molecule has 4 N–H and O–H groups in total. The van der Waals surface area contributed by atoms with Gasteiger partial charge in [0.05, 0.1) is 18.7 Å². The molecule has 132 valence electrons. The summed E-state index contributed by atoms with van der Waals surface area (Å²) in [6, 6.07) is 6.60. The van der Waals surface area contributed by atoms with Gasteiger partial charge in [-0.2, -0.15) is 0 Å². The summed E-state index contributed by atoms with van der Waals surface area (Å²) in [5.41, 5.74) is 0.768. The van der Waals surface area contributed by atoms with Crippen LogP contribution in [0.3, 0.4) is 0 Å². The van der Waals surface area contributed by atoms with Gasteiger partial charge < -0.3 is 25.8 Å². The van der Waals surface area contributed by atoms with E-state index in [2.05, 4.69) is 16.0 Å². The highest BCUT2D eigenvalue weighted by Gasteiger charge is 2.14. The second kappa shape index (κ2) is 10.2. The molecule has 1 rings (SSSR count). The summed E-state index contributed by atoms with van der Waals surface area (Å²) in [7, 11) is 0. The summed E-state index contributed by atoms with van der Waals surface area (Å²) in [5, 5.41) is 16.7. The predicted molar refractivity (Wildman–Crippen MR) is 88.6 cm³/mol. The molecule has 8 heteroatoms. The van der Waals surface area contributed by atoms with Crippen molar-refractivity contribution in [1.82, 2.24) is 10.6 Å². The lowest BCUT2D eigenvalue weighted by Gasteiger charge is -2.11. The molecule has 1 aromatic rings. The summed E-state index contributed by atoms with van der Waals surface area (Å²) in [6.07, 6.45) is 0. The number of aliphatic hydroxyl groups excluding tert-OH is 1. The van der Waals surface area contributed by atoms with Gasteiger partial charge >= 0.3 is 5.97 Å². The van der Waals surface area contributed by atoms with Crippen molar-refractivity contribution in [1.29, 1.82) is 0 Å². The first kappa shape index (κ1) is 19.4. The van der Waals surface area contributed by atoms with Gasteiger partial charge in [-0.25, -0.2) is 4.79 Å². The molecule has 0 heterocycles. The second-order valence-corrected chi connectivity index (χ2v) is 5.27. The number of esters is 1. The first-order valence-electron chi connectivity index (χ1n) is 7.61. The topological polar surface area (TPSA) is 117 Å². The quantitative estimate of drug-likeness (QED) is 0.467. The highest BCUT2D eigenvalue weighted by atomic mass is 16.5. The molecule has 0 fully saturated rings. The Morgan fingerprint density at radius 3 is 2.54 bits per heavy atom. The number of ether oxygens (including phenoxy) is 1. The van der Waals surface area contributed by atoms with Crippen LogP contribution in [0.1, 0.15) is 24.2 Å². The third kappa shape index (κ3) is 7.10. The Balaban J connectivity index is 2.45. The molecule has 2 amide bonds. The van der Waals surface area contributed by atoms with Crippen LogP contribution in [-0.4, -0.2) is 55.2 Å². The van der Waals surface area contributed by atoms with Crippen LogP contribution in [0.4, 0.5) is 5.69 Å². The van der Waals surface area contributed by atoms with E-state index in [1.807, 2.05) is 13.8 Å². The Bertz CT molecular complexity index is 575. The zero-order valence-electron chi connectivity index (χ0n) is 13.8. The normalized spacial score (nSPS) is 10.2. The number of benzene rings is 1. The molecule has 0 aromatic heterocycles. The van der Waals surface area contributed by atoms with Gasteiger partial charge in [0.25, 0.3) is 5.91 Å². The van der Waals surface area contributed by atoms with Crippen LogP contribution >= 0.6 is 0 Å². The molecule has 0 aliphatic carbocycles.